The number of hydrogen-bond donors (Lipinski definition) is 2. The van der Waals surface area contributed by atoms with Gasteiger partial charge in [-0.05, 0) is 43.5 Å². The highest BCUT2D eigenvalue weighted by atomic mass is 16.2. The summed E-state index contributed by atoms with van der Waals surface area (Å²) in [5, 5.41) is 5.74. The Hall–Kier alpha value is -3.15. The lowest BCUT2D eigenvalue weighted by Crippen LogP contribution is -2.35. The van der Waals surface area contributed by atoms with Crippen LogP contribution in [0.5, 0.6) is 0 Å². The van der Waals surface area contributed by atoms with E-state index in [2.05, 4.69) is 10.6 Å². The zero-order valence-electron chi connectivity index (χ0n) is 16.9. The number of piperidine rings is 1. The molecule has 2 aromatic rings. The molecule has 0 saturated carbocycles. The molecule has 2 aromatic carbocycles. The predicted molar refractivity (Wildman–Crippen MR) is 114 cm³/mol. The Morgan fingerprint density at radius 1 is 1.10 bits per heavy atom. The average Bonchev–Trinajstić information content (AvgIpc) is 2.68. The first-order valence-corrected chi connectivity index (χ1v) is 9.96. The molecule has 1 aliphatic heterocycles. The molecule has 0 radical (unpaired) electrons. The minimum absolute atomic E-state index is 0.116. The zero-order chi connectivity index (χ0) is 20.8. The second kappa shape index (κ2) is 9.37. The quantitative estimate of drug-likeness (QED) is 0.785. The minimum Gasteiger partial charge on any atom is -0.349 e. The van der Waals surface area contributed by atoms with Crippen molar-refractivity contribution in [3.05, 3.63) is 59.7 Å². The standard InChI is InChI=1S/C23H27N3O3/c1-16-9-11-18(12-10-16)21(24-17(2)27)15-22(28)25-19-6-5-7-20(14-19)26-13-4-3-8-23(26)29/h5-7,9-12,14,21H,3-4,8,13,15H2,1-2H3,(H,24,27)(H,25,28). The largest absolute Gasteiger partial charge is 0.349 e. The van der Waals surface area contributed by atoms with E-state index in [0.29, 0.717) is 18.7 Å². The molecule has 0 aromatic heterocycles. The number of rotatable bonds is 6. The summed E-state index contributed by atoms with van der Waals surface area (Å²) in [6, 6.07) is 14.7. The average molecular weight is 393 g/mol. The maximum absolute atomic E-state index is 12.7. The van der Waals surface area contributed by atoms with Gasteiger partial charge in [0, 0.05) is 31.3 Å². The van der Waals surface area contributed by atoms with E-state index in [-0.39, 0.29) is 24.1 Å². The van der Waals surface area contributed by atoms with Gasteiger partial charge in [0.25, 0.3) is 0 Å². The molecular weight excluding hydrogens is 366 g/mol. The molecule has 3 rings (SSSR count). The number of carbonyl (C=O) groups excluding carboxylic acids is 3. The Morgan fingerprint density at radius 3 is 2.55 bits per heavy atom. The van der Waals surface area contributed by atoms with Gasteiger partial charge in [0.2, 0.25) is 17.7 Å². The molecule has 0 spiro atoms. The lowest BCUT2D eigenvalue weighted by atomic mass is 10.0. The fourth-order valence-electron chi connectivity index (χ4n) is 3.52. The van der Waals surface area contributed by atoms with Crippen LogP contribution in [0.15, 0.2) is 48.5 Å². The number of anilines is 2. The fraction of sp³-hybridized carbons (Fsp3) is 0.348. The van der Waals surface area contributed by atoms with Gasteiger partial charge in [-0.1, -0.05) is 35.9 Å². The van der Waals surface area contributed by atoms with Crippen LogP contribution in [0.1, 0.15) is 49.8 Å². The molecule has 152 valence electrons. The first-order valence-electron chi connectivity index (χ1n) is 9.96. The summed E-state index contributed by atoms with van der Waals surface area (Å²) < 4.78 is 0. The highest BCUT2D eigenvalue weighted by Crippen LogP contribution is 2.25. The summed E-state index contributed by atoms with van der Waals surface area (Å²) in [4.78, 5) is 38.2. The molecule has 0 aliphatic carbocycles. The monoisotopic (exact) mass is 393 g/mol. The molecule has 1 unspecified atom stereocenters. The van der Waals surface area contributed by atoms with Crippen molar-refractivity contribution in [3.8, 4) is 0 Å². The van der Waals surface area contributed by atoms with Crippen LogP contribution in [0.2, 0.25) is 0 Å². The van der Waals surface area contributed by atoms with Crippen molar-refractivity contribution in [2.24, 2.45) is 0 Å². The van der Waals surface area contributed by atoms with Gasteiger partial charge in [-0.15, -0.1) is 0 Å². The van der Waals surface area contributed by atoms with Gasteiger partial charge >= 0.3 is 0 Å². The lowest BCUT2D eigenvalue weighted by molar-refractivity contribution is -0.121. The molecule has 29 heavy (non-hydrogen) atoms. The number of amides is 3. The van der Waals surface area contributed by atoms with Crippen LogP contribution in [0.25, 0.3) is 0 Å². The zero-order valence-corrected chi connectivity index (χ0v) is 16.9. The second-order valence-corrected chi connectivity index (χ2v) is 7.47. The topological polar surface area (TPSA) is 78.5 Å². The van der Waals surface area contributed by atoms with Crippen LogP contribution in [-0.2, 0) is 14.4 Å². The van der Waals surface area contributed by atoms with E-state index >= 15 is 0 Å². The van der Waals surface area contributed by atoms with E-state index in [1.807, 2.05) is 49.4 Å². The molecule has 1 saturated heterocycles. The maximum atomic E-state index is 12.7. The van der Waals surface area contributed by atoms with Crippen molar-refractivity contribution < 1.29 is 14.4 Å². The molecule has 6 heteroatoms. The Bertz CT molecular complexity index is 892. The van der Waals surface area contributed by atoms with Gasteiger partial charge in [0.1, 0.15) is 0 Å². The maximum Gasteiger partial charge on any atom is 0.226 e. The molecule has 1 atom stereocenters. The highest BCUT2D eigenvalue weighted by molar-refractivity contribution is 5.96. The predicted octanol–water partition coefficient (Wildman–Crippen LogP) is 3.72. The SMILES string of the molecule is CC(=O)NC(CC(=O)Nc1cccc(N2CCCCC2=O)c1)c1ccc(C)cc1. The molecule has 2 N–H and O–H groups in total. The number of benzene rings is 2. The van der Waals surface area contributed by atoms with E-state index in [0.717, 1.165) is 29.7 Å². The number of aryl methyl sites for hydroxylation is 1. The molecule has 1 aliphatic rings. The summed E-state index contributed by atoms with van der Waals surface area (Å²) in [6.45, 7) is 4.14. The van der Waals surface area contributed by atoms with Crippen LogP contribution in [-0.4, -0.2) is 24.3 Å². The van der Waals surface area contributed by atoms with E-state index in [1.165, 1.54) is 6.92 Å². The Balaban J connectivity index is 1.69. The molecule has 1 fully saturated rings. The third-order valence-corrected chi connectivity index (χ3v) is 5.01. The summed E-state index contributed by atoms with van der Waals surface area (Å²) in [5.41, 5.74) is 3.43. The van der Waals surface area contributed by atoms with Crippen molar-refractivity contribution in [2.75, 3.05) is 16.8 Å². The van der Waals surface area contributed by atoms with E-state index in [1.54, 1.807) is 11.0 Å². The minimum atomic E-state index is -0.403. The third-order valence-electron chi connectivity index (χ3n) is 5.01. The van der Waals surface area contributed by atoms with Crippen LogP contribution in [0, 0.1) is 6.92 Å². The molecule has 1 heterocycles. The van der Waals surface area contributed by atoms with Gasteiger partial charge < -0.3 is 15.5 Å². The Kier molecular flexibility index (Phi) is 6.65. The smallest absolute Gasteiger partial charge is 0.226 e. The summed E-state index contributed by atoms with van der Waals surface area (Å²) in [5.74, 6) is -0.273. The Morgan fingerprint density at radius 2 is 1.86 bits per heavy atom. The van der Waals surface area contributed by atoms with Crippen molar-refractivity contribution in [1.82, 2.24) is 5.32 Å². The Labute approximate surface area is 171 Å². The normalized spacial score (nSPS) is 15.0. The summed E-state index contributed by atoms with van der Waals surface area (Å²) >= 11 is 0. The molecule has 6 nitrogen and oxygen atoms in total. The second-order valence-electron chi connectivity index (χ2n) is 7.47. The van der Waals surface area contributed by atoms with Crippen LogP contribution >= 0.6 is 0 Å². The summed E-state index contributed by atoms with van der Waals surface area (Å²) in [6.07, 6.45) is 2.59. The van der Waals surface area contributed by atoms with Crippen molar-refractivity contribution in [2.45, 2.75) is 45.6 Å². The van der Waals surface area contributed by atoms with Gasteiger partial charge in [0.05, 0.1) is 12.5 Å². The van der Waals surface area contributed by atoms with Gasteiger partial charge in [0.15, 0.2) is 0 Å². The van der Waals surface area contributed by atoms with Crippen molar-refractivity contribution in [1.29, 1.82) is 0 Å². The van der Waals surface area contributed by atoms with E-state index < -0.39 is 6.04 Å². The number of carbonyl (C=O) groups is 3. The van der Waals surface area contributed by atoms with Crippen molar-refractivity contribution in [3.63, 3.8) is 0 Å². The van der Waals surface area contributed by atoms with Crippen LogP contribution in [0.4, 0.5) is 11.4 Å². The molecule has 0 bridgehead atoms. The van der Waals surface area contributed by atoms with Gasteiger partial charge in [-0.25, -0.2) is 0 Å². The first kappa shape index (κ1) is 20.6. The van der Waals surface area contributed by atoms with Gasteiger partial charge in [-0.2, -0.15) is 0 Å². The molecule has 3 amide bonds. The molecular formula is C23H27N3O3. The van der Waals surface area contributed by atoms with Crippen molar-refractivity contribution >= 4 is 29.1 Å². The van der Waals surface area contributed by atoms with Crippen LogP contribution in [0.3, 0.4) is 0 Å². The van der Waals surface area contributed by atoms with E-state index in [4.69, 9.17) is 0 Å². The van der Waals surface area contributed by atoms with E-state index in [9.17, 15) is 14.4 Å². The third kappa shape index (κ3) is 5.67. The summed E-state index contributed by atoms with van der Waals surface area (Å²) in [7, 11) is 0. The number of hydrogen-bond acceptors (Lipinski definition) is 3. The van der Waals surface area contributed by atoms with Gasteiger partial charge in [-0.3, -0.25) is 14.4 Å². The number of nitrogens with one attached hydrogen (secondary N) is 2. The van der Waals surface area contributed by atoms with Crippen LogP contribution < -0.4 is 15.5 Å². The highest BCUT2D eigenvalue weighted by Gasteiger charge is 2.21. The lowest BCUT2D eigenvalue weighted by Gasteiger charge is -2.27. The first-order chi connectivity index (χ1) is 13.9. The number of nitrogens with zero attached hydrogens (tertiary/aromatic N) is 1. The fourth-order valence-corrected chi connectivity index (χ4v) is 3.52.